The third-order valence-corrected chi connectivity index (χ3v) is 4.60. The summed E-state index contributed by atoms with van der Waals surface area (Å²) in [7, 11) is 0. The van der Waals surface area contributed by atoms with Gasteiger partial charge >= 0.3 is 0 Å². The van der Waals surface area contributed by atoms with Crippen molar-refractivity contribution in [1.82, 2.24) is 4.90 Å². The van der Waals surface area contributed by atoms with Crippen molar-refractivity contribution >= 4 is 34.8 Å². The molecule has 1 aliphatic heterocycles. The Hall–Kier alpha value is -1.71. The van der Waals surface area contributed by atoms with Crippen molar-refractivity contribution in [3.8, 4) is 0 Å². The minimum absolute atomic E-state index is 0.0113. The minimum Gasteiger partial charge on any atom is -0.361 e. The molecule has 1 heterocycles. The van der Waals surface area contributed by atoms with Crippen molar-refractivity contribution < 1.29 is 4.79 Å². The van der Waals surface area contributed by atoms with Gasteiger partial charge in [-0.05, 0) is 24.6 Å². The Kier molecular flexibility index (Phi) is 4.27. The van der Waals surface area contributed by atoms with Crippen LogP contribution in [-0.2, 0) is 0 Å². The number of benzene rings is 2. The van der Waals surface area contributed by atoms with Gasteiger partial charge in [0.2, 0.25) is 0 Å². The van der Waals surface area contributed by atoms with Crippen LogP contribution >= 0.6 is 23.2 Å². The Balaban J connectivity index is 2.09. The third-order valence-electron chi connectivity index (χ3n) is 3.76. The highest BCUT2D eigenvalue weighted by Gasteiger charge is 2.33. The van der Waals surface area contributed by atoms with Crippen molar-refractivity contribution in [3.63, 3.8) is 0 Å². The highest BCUT2D eigenvalue weighted by Crippen LogP contribution is 2.38. The van der Waals surface area contributed by atoms with Crippen molar-refractivity contribution in [2.24, 2.45) is 0 Å². The molecule has 1 amide bonds. The predicted molar refractivity (Wildman–Crippen MR) is 90.6 cm³/mol. The second kappa shape index (κ2) is 6.19. The normalized spacial score (nSPS) is 17.1. The molecule has 1 atom stereocenters. The smallest absolute Gasteiger partial charge is 0.257 e. The molecule has 0 saturated carbocycles. The van der Waals surface area contributed by atoms with E-state index in [1.807, 2.05) is 43.3 Å². The average molecular weight is 335 g/mol. The average Bonchev–Trinajstić information content (AvgIpc) is 2.53. The summed E-state index contributed by atoms with van der Waals surface area (Å²) in [4.78, 5) is 14.6. The van der Waals surface area contributed by atoms with Crippen LogP contribution in [0.5, 0.6) is 0 Å². The maximum absolute atomic E-state index is 12.8. The first kappa shape index (κ1) is 15.2. The molecule has 114 valence electrons. The highest BCUT2D eigenvalue weighted by molar-refractivity contribution is 6.42. The molecule has 0 bridgehead atoms. The highest BCUT2D eigenvalue weighted by atomic mass is 35.5. The number of hydrogen-bond donors (Lipinski definition) is 1. The first-order valence-corrected chi connectivity index (χ1v) is 7.99. The first-order valence-electron chi connectivity index (χ1n) is 7.24. The molecule has 0 aliphatic carbocycles. The number of carbonyl (C=O) groups is 1. The molecule has 1 aliphatic rings. The Morgan fingerprint density at radius 1 is 1.14 bits per heavy atom. The second-order valence-electron chi connectivity index (χ2n) is 5.23. The maximum Gasteiger partial charge on any atom is 0.257 e. The SMILES string of the molecule is CCCN1C(=O)c2ccccc2NC1c1cccc(Cl)c1Cl. The molecule has 3 rings (SSSR count). The number of fused-ring (bicyclic) bond motifs is 1. The van der Waals surface area contributed by atoms with Gasteiger partial charge in [-0.15, -0.1) is 0 Å². The molecular formula is C17H16Cl2N2O. The van der Waals surface area contributed by atoms with Gasteiger partial charge in [-0.1, -0.05) is 54.4 Å². The van der Waals surface area contributed by atoms with Gasteiger partial charge in [0, 0.05) is 17.8 Å². The fraction of sp³-hybridized carbons (Fsp3) is 0.235. The van der Waals surface area contributed by atoms with E-state index in [4.69, 9.17) is 23.2 Å². The molecule has 1 N–H and O–H groups in total. The fourth-order valence-electron chi connectivity index (χ4n) is 2.74. The van der Waals surface area contributed by atoms with Gasteiger partial charge in [-0.2, -0.15) is 0 Å². The largest absolute Gasteiger partial charge is 0.361 e. The molecule has 0 spiro atoms. The van der Waals surface area contributed by atoms with Crippen molar-refractivity contribution in [1.29, 1.82) is 0 Å². The van der Waals surface area contributed by atoms with E-state index >= 15 is 0 Å². The molecule has 0 saturated heterocycles. The number of halogens is 2. The molecule has 2 aromatic rings. The van der Waals surface area contributed by atoms with Crippen molar-refractivity contribution in [2.75, 3.05) is 11.9 Å². The molecule has 0 fully saturated rings. The fourth-order valence-corrected chi connectivity index (χ4v) is 3.15. The van der Waals surface area contributed by atoms with Crippen LogP contribution in [0, 0.1) is 0 Å². The third kappa shape index (κ3) is 2.55. The summed E-state index contributed by atoms with van der Waals surface area (Å²) in [6.45, 7) is 2.69. The lowest BCUT2D eigenvalue weighted by Gasteiger charge is -2.38. The summed E-state index contributed by atoms with van der Waals surface area (Å²) in [6.07, 6.45) is 0.554. The Bertz CT molecular complexity index is 718. The molecule has 2 aromatic carbocycles. The number of anilines is 1. The summed E-state index contributed by atoms with van der Waals surface area (Å²) in [5.74, 6) is 0.0113. The number of hydrogen-bond acceptors (Lipinski definition) is 2. The standard InChI is InChI=1S/C17H16Cl2N2O/c1-2-10-21-16(12-7-5-8-13(18)15(12)19)20-14-9-4-3-6-11(14)17(21)22/h3-9,16,20H,2,10H2,1H3. The number of carbonyl (C=O) groups excluding carboxylic acids is 1. The number of nitrogens with one attached hydrogen (secondary N) is 1. The van der Waals surface area contributed by atoms with Gasteiger partial charge in [0.15, 0.2) is 0 Å². The molecule has 1 unspecified atom stereocenters. The lowest BCUT2D eigenvalue weighted by molar-refractivity contribution is 0.0683. The molecule has 3 nitrogen and oxygen atoms in total. The van der Waals surface area contributed by atoms with Gasteiger partial charge in [-0.3, -0.25) is 4.79 Å². The van der Waals surface area contributed by atoms with Gasteiger partial charge in [-0.25, -0.2) is 0 Å². The maximum atomic E-state index is 12.8. The zero-order chi connectivity index (χ0) is 15.7. The predicted octanol–water partition coefficient (Wildman–Crippen LogP) is 4.97. The van der Waals surface area contributed by atoms with Crippen LogP contribution in [0.4, 0.5) is 5.69 Å². The van der Waals surface area contributed by atoms with Gasteiger partial charge in [0.1, 0.15) is 6.17 Å². The van der Waals surface area contributed by atoms with Crippen LogP contribution in [0.2, 0.25) is 10.0 Å². The van der Waals surface area contributed by atoms with E-state index in [-0.39, 0.29) is 12.1 Å². The number of para-hydroxylation sites is 1. The van der Waals surface area contributed by atoms with Crippen molar-refractivity contribution in [3.05, 3.63) is 63.6 Å². The van der Waals surface area contributed by atoms with Gasteiger partial charge in [0.25, 0.3) is 5.91 Å². The summed E-state index contributed by atoms with van der Waals surface area (Å²) in [5, 5.41) is 4.38. The molecule has 0 radical (unpaired) electrons. The van der Waals surface area contributed by atoms with Crippen LogP contribution in [-0.4, -0.2) is 17.4 Å². The Labute approximate surface area is 139 Å². The number of rotatable bonds is 3. The Morgan fingerprint density at radius 3 is 2.68 bits per heavy atom. The zero-order valence-electron chi connectivity index (χ0n) is 12.1. The summed E-state index contributed by atoms with van der Waals surface area (Å²) in [6, 6.07) is 13.0. The van der Waals surface area contributed by atoms with E-state index in [2.05, 4.69) is 5.32 Å². The Morgan fingerprint density at radius 2 is 1.91 bits per heavy atom. The van der Waals surface area contributed by atoms with Gasteiger partial charge < -0.3 is 10.2 Å². The van der Waals surface area contributed by atoms with Crippen LogP contribution in [0.15, 0.2) is 42.5 Å². The van der Waals surface area contributed by atoms with E-state index in [0.717, 1.165) is 17.7 Å². The first-order chi connectivity index (χ1) is 10.6. The molecule has 22 heavy (non-hydrogen) atoms. The lowest BCUT2D eigenvalue weighted by Crippen LogP contribution is -2.43. The van der Waals surface area contributed by atoms with Crippen molar-refractivity contribution in [2.45, 2.75) is 19.5 Å². The monoisotopic (exact) mass is 334 g/mol. The number of nitrogens with zero attached hydrogens (tertiary/aromatic N) is 1. The lowest BCUT2D eigenvalue weighted by atomic mass is 10.0. The molecule has 5 heteroatoms. The molecular weight excluding hydrogens is 319 g/mol. The molecule has 0 aromatic heterocycles. The second-order valence-corrected chi connectivity index (χ2v) is 6.02. The summed E-state index contributed by atoms with van der Waals surface area (Å²) in [5.41, 5.74) is 2.32. The quantitative estimate of drug-likeness (QED) is 0.859. The van der Waals surface area contributed by atoms with E-state index in [1.165, 1.54) is 0 Å². The summed E-state index contributed by atoms with van der Waals surface area (Å²) >= 11 is 12.5. The van der Waals surface area contributed by atoms with E-state index < -0.39 is 0 Å². The topological polar surface area (TPSA) is 32.3 Å². The van der Waals surface area contributed by atoms with E-state index in [9.17, 15) is 4.79 Å². The van der Waals surface area contributed by atoms with Crippen LogP contribution in [0.3, 0.4) is 0 Å². The van der Waals surface area contributed by atoms with Gasteiger partial charge in [0.05, 0.1) is 15.6 Å². The summed E-state index contributed by atoms with van der Waals surface area (Å²) < 4.78 is 0. The van der Waals surface area contributed by atoms with Crippen LogP contribution in [0.25, 0.3) is 0 Å². The number of amides is 1. The van der Waals surface area contributed by atoms with Crippen LogP contribution in [0.1, 0.15) is 35.4 Å². The minimum atomic E-state index is -0.312. The van der Waals surface area contributed by atoms with E-state index in [0.29, 0.717) is 22.2 Å². The van der Waals surface area contributed by atoms with E-state index in [1.54, 1.807) is 11.0 Å². The zero-order valence-corrected chi connectivity index (χ0v) is 13.7. The van der Waals surface area contributed by atoms with Crippen LogP contribution < -0.4 is 5.32 Å².